The number of aromatic amines is 1. The largest absolute Gasteiger partial charge is 0.343 e. The number of nitrogens with one attached hydrogen (secondary N) is 2. The number of carbonyl (C=O) groups excluding carboxylic acids is 1. The van der Waals surface area contributed by atoms with E-state index in [1.165, 1.54) is 0 Å². The molecule has 0 saturated carbocycles. The van der Waals surface area contributed by atoms with E-state index in [2.05, 4.69) is 15.5 Å². The smallest absolute Gasteiger partial charge is 0.219 e. The molecule has 1 amide bonds. The highest BCUT2D eigenvalue weighted by molar-refractivity contribution is 5.73. The first-order valence-electron chi connectivity index (χ1n) is 5.73. The standard InChI is InChI=1S/C11H18N4O/c1-9(16)15-6-3-10(4-7-15)12-8-11-2-5-13-14-11/h2,5,10,12H,3-4,6-8H2,1H3,(H,13,14). The molecule has 5 nitrogen and oxygen atoms in total. The van der Waals surface area contributed by atoms with Gasteiger partial charge in [0.05, 0.1) is 0 Å². The van der Waals surface area contributed by atoms with Crippen LogP contribution in [0.1, 0.15) is 25.5 Å². The predicted molar refractivity (Wildman–Crippen MR) is 60.7 cm³/mol. The molecule has 0 unspecified atom stereocenters. The molecule has 5 heteroatoms. The van der Waals surface area contributed by atoms with Crippen molar-refractivity contribution in [1.82, 2.24) is 20.4 Å². The molecule has 1 saturated heterocycles. The monoisotopic (exact) mass is 222 g/mol. The molecular weight excluding hydrogens is 204 g/mol. The molecular formula is C11H18N4O. The van der Waals surface area contributed by atoms with Crippen LogP contribution in [0.2, 0.25) is 0 Å². The van der Waals surface area contributed by atoms with Crippen LogP contribution in [0.3, 0.4) is 0 Å². The van der Waals surface area contributed by atoms with Gasteiger partial charge in [0.1, 0.15) is 0 Å². The van der Waals surface area contributed by atoms with Gasteiger partial charge in [-0.05, 0) is 18.9 Å². The van der Waals surface area contributed by atoms with Gasteiger partial charge in [-0.2, -0.15) is 5.10 Å². The van der Waals surface area contributed by atoms with Gasteiger partial charge in [0, 0.05) is 44.5 Å². The summed E-state index contributed by atoms with van der Waals surface area (Å²) in [5, 5.41) is 10.3. The van der Waals surface area contributed by atoms with Gasteiger partial charge < -0.3 is 10.2 Å². The maximum absolute atomic E-state index is 11.1. The zero-order valence-electron chi connectivity index (χ0n) is 9.57. The number of nitrogens with zero attached hydrogens (tertiary/aromatic N) is 2. The zero-order chi connectivity index (χ0) is 11.4. The number of likely N-dealkylation sites (tertiary alicyclic amines) is 1. The maximum Gasteiger partial charge on any atom is 0.219 e. The SMILES string of the molecule is CC(=O)N1CCC(NCc2ccn[nH]2)CC1. The van der Waals surface area contributed by atoms with Gasteiger partial charge in [-0.1, -0.05) is 0 Å². The Labute approximate surface area is 95.2 Å². The fourth-order valence-electron chi connectivity index (χ4n) is 2.04. The second-order valence-corrected chi connectivity index (χ2v) is 4.24. The Hall–Kier alpha value is -1.36. The van der Waals surface area contributed by atoms with E-state index in [0.29, 0.717) is 6.04 Å². The molecule has 88 valence electrons. The fraction of sp³-hybridized carbons (Fsp3) is 0.636. The summed E-state index contributed by atoms with van der Waals surface area (Å²) in [6.07, 6.45) is 3.83. The normalized spacial score (nSPS) is 17.7. The molecule has 2 rings (SSSR count). The number of aromatic nitrogens is 2. The van der Waals surface area contributed by atoms with Gasteiger partial charge in [-0.15, -0.1) is 0 Å². The van der Waals surface area contributed by atoms with Crippen molar-refractivity contribution in [3.05, 3.63) is 18.0 Å². The van der Waals surface area contributed by atoms with Crippen molar-refractivity contribution in [3.63, 3.8) is 0 Å². The van der Waals surface area contributed by atoms with Crippen molar-refractivity contribution in [2.45, 2.75) is 32.4 Å². The van der Waals surface area contributed by atoms with Crippen LogP contribution < -0.4 is 5.32 Å². The average Bonchev–Trinajstić information content (AvgIpc) is 2.80. The number of piperidine rings is 1. The molecule has 1 aliphatic rings. The third kappa shape index (κ3) is 2.82. The van der Waals surface area contributed by atoms with Crippen LogP contribution >= 0.6 is 0 Å². The molecule has 0 atom stereocenters. The first-order chi connectivity index (χ1) is 7.75. The summed E-state index contributed by atoms with van der Waals surface area (Å²) in [4.78, 5) is 13.1. The molecule has 2 N–H and O–H groups in total. The van der Waals surface area contributed by atoms with Crippen molar-refractivity contribution < 1.29 is 4.79 Å². The molecule has 2 heterocycles. The Morgan fingerprint density at radius 1 is 1.62 bits per heavy atom. The number of H-pyrrole nitrogens is 1. The fourth-order valence-corrected chi connectivity index (χ4v) is 2.04. The predicted octanol–water partition coefficient (Wildman–Crippen LogP) is 0.510. The number of rotatable bonds is 3. The topological polar surface area (TPSA) is 61.0 Å². The van der Waals surface area contributed by atoms with E-state index in [1.807, 2.05) is 11.0 Å². The van der Waals surface area contributed by atoms with Crippen molar-refractivity contribution in [3.8, 4) is 0 Å². The van der Waals surface area contributed by atoms with E-state index in [4.69, 9.17) is 0 Å². The van der Waals surface area contributed by atoms with Gasteiger partial charge in [0.15, 0.2) is 0 Å². The molecule has 1 aliphatic heterocycles. The van der Waals surface area contributed by atoms with E-state index >= 15 is 0 Å². The van der Waals surface area contributed by atoms with Gasteiger partial charge >= 0.3 is 0 Å². The lowest BCUT2D eigenvalue weighted by molar-refractivity contribution is -0.129. The second kappa shape index (κ2) is 5.12. The van der Waals surface area contributed by atoms with Crippen LogP contribution in [0.15, 0.2) is 12.3 Å². The Balaban J connectivity index is 1.71. The lowest BCUT2D eigenvalue weighted by Crippen LogP contribution is -2.43. The van der Waals surface area contributed by atoms with E-state index in [9.17, 15) is 4.79 Å². The molecule has 0 spiro atoms. The summed E-state index contributed by atoms with van der Waals surface area (Å²) < 4.78 is 0. The van der Waals surface area contributed by atoms with Gasteiger partial charge in [-0.25, -0.2) is 0 Å². The Kier molecular flexibility index (Phi) is 3.56. The molecule has 1 aromatic rings. The summed E-state index contributed by atoms with van der Waals surface area (Å²) in [6, 6.07) is 2.48. The van der Waals surface area contributed by atoms with Crippen LogP contribution in [0.4, 0.5) is 0 Å². The summed E-state index contributed by atoms with van der Waals surface area (Å²) >= 11 is 0. The summed E-state index contributed by atoms with van der Waals surface area (Å²) in [5.74, 6) is 0.187. The molecule has 0 aliphatic carbocycles. The summed E-state index contributed by atoms with van der Waals surface area (Å²) in [7, 11) is 0. The number of carbonyl (C=O) groups is 1. The van der Waals surface area contributed by atoms with E-state index in [0.717, 1.165) is 38.2 Å². The number of amides is 1. The van der Waals surface area contributed by atoms with Crippen molar-refractivity contribution in [1.29, 1.82) is 0 Å². The minimum Gasteiger partial charge on any atom is -0.343 e. The second-order valence-electron chi connectivity index (χ2n) is 4.24. The van der Waals surface area contributed by atoms with E-state index in [1.54, 1.807) is 13.1 Å². The van der Waals surface area contributed by atoms with Crippen LogP contribution in [-0.4, -0.2) is 40.1 Å². The van der Waals surface area contributed by atoms with Gasteiger partial charge in [0.2, 0.25) is 5.91 Å². The van der Waals surface area contributed by atoms with Gasteiger partial charge in [0.25, 0.3) is 0 Å². The summed E-state index contributed by atoms with van der Waals surface area (Å²) in [5.41, 5.74) is 1.11. The van der Waals surface area contributed by atoms with Crippen LogP contribution in [0.25, 0.3) is 0 Å². The Morgan fingerprint density at radius 3 is 2.94 bits per heavy atom. The molecule has 1 aromatic heterocycles. The minimum atomic E-state index is 0.187. The third-order valence-corrected chi connectivity index (χ3v) is 3.08. The Morgan fingerprint density at radius 2 is 2.38 bits per heavy atom. The minimum absolute atomic E-state index is 0.187. The Bertz CT molecular complexity index is 328. The first kappa shape index (κ1) is 11.1. The summed E-state index contributed by atoms with van der Waals surface area (Å²) in [6.45, 7) is 4.20. The quantitative estimate of drug-likeness (QED) is 0.783. The molecule has 0 radical (unpaired) electrons. The molecule has 0 aromatic carbocycles. The highest BCUT2D eigenvalue weighted by Crippen LogP contribution is 2.10. The molecule has 1 fully saturated rings. The van der Waals surface area contributed by atoms with Crippen molar-refractivity contribution in [2.75, 3.05) is 13.1 Å². The zero-order valence-corrected chi connectivity index (χ0v) is 9.57. The lowest BCUT2D eigenvalue weighted by atomic mass is 10.1. The highest BCUT2D eigenvalue weighted by atomic mass is 16.2. The third-order valence-electron chi connectivity index (χ3n) is 3.08. The number of hydrogen-bond donors (Lipinski definition) is 2. The van der Waals surface area contributed by atoms with Gasteiger partial charge in [-0.3, -0.25) is 9.89 Å². The van der Waals surface area contributed by atoms with Crippen LogP contribution in [0.5, 0.6) is 0 Å². The van der Waals surface area contributed by atoms with E-state index < -0.39 is 0 Å². The molecule has 16 heavy (non-hydrogen) atoms. The lowest BCUT2D eigenvalue weighted by Gasteiger charge is -2.31. The average molecular weight is 222 g/mol. The van der Waals surface area contributed by atoms with Crippen LogP contribution in [-0.2, 0) is 11.3 Å². The van der Waals surface area contributed by atoms with Crippen molar-refractivity contribution >= 4 is 5.91 Å². The number of hydrogen-bond acceptors (Lipinski definition) is 3. The van der Waals surface area contributed by atoms with Crippen molar-refractivity contribution in [2.24, 2.45) is 0 Å². The maximum atomic E-state index is 11.1. The first-order valence-corrected chi connectivity index (χ1v) is 5.73. The van der Waals surface area contributed by atoms with E-state index in [-0.39, 0.29) is 5.91 Å². The molecule has 0 bridgehead atoms. The highest BCUT2D eigenvalue weighted by Gasteiger charge is 2.19. The van der Waals surface area contributed by atoms with Crippen LogP contribution in [0, 0.1) is 0 Å².